The Morgan fingerprint density at radius 1 is 1.25 bits per heavy atom. The lowest BCUT2D eigenvalue weighted by atomic mass is 9.96. The maximum Gasteiger partial charge on any atom is 0.237 e. The molecule has 0 atom stereocenters. The average molecular weight is 278 g/mol. The van der Waals surface area contributed by atoms with Crippen molar-refractivity contribution in [3.63, 3.8) is 0 Å². The first kappa shape index (κ1) is 15.9. The minimum Gasteiger partial charge on any atom is -0.342 e. The van der Waals surface area contributed by atoms with E-state index in [0.717, 1.165) is 0 Å². The molecule has 0 aromatic heterocycles. The number of nitrogens with one attached hydrogen (secondary N) is 1. The number of hydrogen-bond donors (Lipinski definition) is 2. The predicted molar refractivity (Wildman–Crippen MR) is 69.3 cm³/mol. The lowest BCUT2D eigenvalue weighted by molar-refractivity contribution is -0.136. The second kappa shape index (κ2) is 8.10. The highest BCUT2D eigenvalue weighted by atomic mass is 16.2. The van der Waals surface area contributed by atoms with E-state index in [1.165, 1.54) is 4.90 Å². The summed E-state index contributed by atoms with van der Waals surface area (Å²) in [6.45, 7) is 1.12. The summed E-state index contributed by atoms with van der Waals surface area (Å²) in [7, 11) is 0. The number of carbonyl (C=O) groups is 2. The quantitative estimate of drug-likeness (QED) is 0.274. The van der Waals surface area contributed by atoms with Crippen LogP contribution >= 0.6 is 0 Å². The molecule has 0 aliphatic carbocycles. The Bertz CT molecular complexity index is 414. The number of piperidine rings is 1. The maximum atomic E-state index is 12.0. The van der Waals surface area contributed by atoms with Gasteiger partial charge in [0, 0.05) is 19.0 Å². The summed E-state index contributed by atoms with van der Waals surface area (Å²) < 4.78 is 0. The normalized spacial score (nSPS) is 15.5. The SMILES string of the molecule is N#CCN(CC#N)CC(=O)N1CCC(C(=O)NN)CC1. The molecule has 0 aromatic rings. The lowest BCUT2D eigenvalue weighted by Crippen LogP contribution is -2.47. The van der Waals surface area contributed by atoms with Gasteiger partial charge in [-0.3, -0.25) is 19.9 Å². The average Bonchev–Trinajstić information content (AvgIpc) is 2.47. The number of nitriles is 2. The lowest BCUT2D eigenvalue weighted by Gasteiger charge is -2.32. The van der Waals surface area contributed by atoms with Crippen LogP contribution in [0.5, 0.6) is 0 Å². The maximum absolute atomic E-state index is 12.0. The molecule has 0 saturated carbocycles. The van der Waals surface area contributed by atoms with Gasteiger partial charge in [0.25, 0.3) is 0 Å². The predicted octanol–water partition coefficient (Wildman–Crippen LogP) is -1.44. The first-order valence-corrected chi connectivity index (χ1v) is 6.36. The van der Waals surface area contributed by atoms with Gasteiger partial charge in [-0.05, 0) is 12.8 Å². The van der Waals surface area contributed by atoms with E-state index in [9.17, 15) is 9.59 Å². The Morgan fingerprint density at radius 2 is 1.80 bits per heavy atom. The van der Waals surface area contributed by atoms with Crippen LogP contribution in [0.15, 0.2) is 0 Å². The Balaban J connectivity index is 2.44. The fraction of sp³-hybridized carbons (Fsp3) is 0.667. The summed E-state index contributed by atoms with van der Waals surface area (Å²) in [6, 6.07) is 3.86. The van der Waals surface area contributed by atoms with E-state index >= 15 is 0 Å². The van der Waals surface area contributed by atoms with Crippen molar-refractivity contribution >= 4 is 11.8 Å². The van der Waals surface area contributed by atoms with Crippen molar-refractivity contribution < 1.29 is 9.59 Å². The van der Waals surface area contributed by atoms with E-state index in [1.54, 1.807) is 4.90 Å². The molecule has 0 aromatic carbocycles. The molecule has 1 saturated heterocycles. The summed E-state index contributed by atoms with van der Waals surface area (Å²) >= 11 is 0. The van der Waals surface area contributed by atoms with Crippen molar-refractivity contribution in [2.24, 2.45) is 11.8 Å². The Hall–Kier alpha value is -2.16. The van der Waals surface area contributed by atoms with Gasteiger partial charge < -0.3 is 4.90 Å². The Labute approximate surface area is 117 Å². The molecule has 1 heterocycles. The van der Waals surface area contributed by atoms with Crippen LogP contribution < -0.4 is 11.3 Å². The number of hydrogen-bond acceptors (Lipinski definition) is 6. The van der Waals surface area contributed by atoms with Gasteiger partial charge >= 0.3 is 0 Å². The molecule has 1 fully saturated rings. The van der Waals surface area contributed by atoms with E-state index in [4.69, 9.17) is 16.4 Å². The number of amides is 2. The summed E-state index contributed by atoms with van der Waals surface area (Å²) in [5, 5.41) is 17.3. The molecular formula is C12H18N6O2. The van der Waals surface area contributed by atoms with E-state index < -0.39 is 0 Å². The third kappa shape index (κ3) is 4.50. The zero-order valence-corrected chi connectivity index (χ0v) is 11.2. The third-order valence-electron chi connectivity index (χ3n) is 3.31. The van der Waals surface area contributed by atoms with Crippen molar-refractivity contribution in [2.45, 2.75) is 12.8 Å². The van der Waals surface area contributed by atoms with Crippen LogP contribution in [-0.4, -0.2) is 54.3 Å². The first-order chi connectivity index (χ1) is 9.62. The van der Waals surface area contributed by atoms with Gasteiger partial charge in [0.15, 0.2) is 0 Å². The molecule has 1 aliphatic heterocycles. The first-order valence-electron chi connectivity index (χ1n) is 6.36. The molecule has 0 radical (unpaired) electrons. The van der Waals surface area contributed by atoms with E-state index in [1.807, 2.05) is 12.1 Å². The van der Waals surface area contributed by atoms with Gasteiger partial charge in [-0.25, -0.2) is 5.84 Å². The van der Waals surface area contributed by atoms with Crippen LogP contribution in [0, 0.1) is 28.6 Å². The number of carbonyl (C=O) groups excluding carboxylic acids is 2. The number of nitrogens with zero attached hydrogens (tertiary/aromatic N) is 4. The van der Waals surface area contributed by atoms with Crippen LogP contribution in [-0.2, 0) is 9.59 Å². The molecule has 8 heteroatoms. The highest BCUT2D eigenvalue weighted by molar-refractivity contribution is 5.80. The van der Waals surface area contributed by atoms with Crippen molar-refractivity contribution in [3.05, 3.63) is 0 Å². The van der Waals surface area contributed by atoms with Crippen molar-refractivity contribution in [1.82, 2.24) is 15.2 Å². The zero-order valence-electron chi connectivity index (χ0n) is 11.2. The third-order valence-corrected chi connectivity index (χ3v) is 3.31. The molecule has 1 rings (SSSR count). The second-order valence-corrected chi connectivity index (χ2v) is 4.63. The van der Waals surface area contributed by atoms with Crippen molar-refractivity contribution in [2.75, 3.05) is 32.7 Å². The Kier molecular flexibility index (Phi) is 6.44. The topological polar surface area (TPSA) is 126 Å². The highest BCUT2D eigenvalue weighted by Crippen LogP contribution is 2.17. The molecule has 8 nitrogen and oxygen atoms in total. The van der Waals surface area contributed by atoms with E-state index in [0.29, 0.717) is 25.9 Å². The Morgan fingerprint density at radius 3 is 2.25 bits per heavy atom. The van der Waals surface area contributed by atoms with Gasteiger partial charge in [-0.2, -0.15) is 10.5 Å². The van der Waals surface area contributed by atoms with Crippen LogP contribution in [0.2, 0.25) is 0 Å². The molecule has 2 amide bonds. The molecule has 108 valence electrons. The van der Waals surface area contributed by atoms with Crippen molar-refractivity contribution in [1.29, 1.82) is 10.5 Å². The molecule has 20 heavy (non-hydrogen) atoms. The summed E-state index contributed by atoms with van der Waals surface area (Å²) in [6.07, 6.45) is 1.15. The smallest absolute Gasteiger partial charge is 0.237 e. The van der Waals surface area contributed by atoms with E-state index in [2.05, 4.69) is 5.43 Å². The van der Waals surface area contributed by atoms with Crippen LogP contribution in [0.25, 0.3) is 0 Å². The highest BCUT2D eigenvalue weighted by Gasteiger charge is 2.27. The van der Waals surface area contributed by atoms with Crippen LogP contribution in [0.4, 0.5) is 0 Å². The number of hydrazine groups is 1. The number of rotatable bonds is 5. The van der Waals surface area contributed by atoms with Crippen LogP contribution in [0.3, 0.4) is 0 Å². The van der Waals surface area contributed by atoms with Gasteiger partial charge in [-0.15, -0.1) is 0 Å². The van der Waals surface area contributed by atoms with Gasteiger partial charge in [0.2, 0.25) is 11.8 Å². The van der Waals surface area contributed by atoms with Gasteiger partial charge in [0.05, 0.1) is 31.8 Å². The molecule has 3 N–H and O–H groups in total. The summed E-state index contributed by atoms with van der Waals surface area (Å²) in [4.78, 5) is 26.6. The standard InChI is InChI=1S/C12H18N6O2/c13-3-7-17(8-4-14)9-11(19)18-5-1-10(2-6-18)12(20)16-15/h10H,1-2,5-9,15H2,(H,16,20). The largest absolute Gasteiger partial charge is 0.342 e. The minimum absolute atomic E-state index is 0.0470. The summed E-state index contributed by atoms with van der Waals surface area (Å²) in [5.41, 5.74) is 2.12. The van der Waals surface area contributed by atoms with E-state index in [-0.39, 0.29) is 37.4 Å². The molecule has 0 spiro atoms. The number of nitrogens with two attached hydrogens (primary N) is 1. The summed E-state index contributed by atoms with van der Waals surface area (Å²) in [5.74, 6) is 4.60. The fourth-order valence-electron chi connectivity index (χ4n) is 2.17. The van der Waals surface area contributed by atoms with Crippen LogP contribution in [0.1, 0.15) is 12.8 Å². The number of likely N-dealkylation sites (tertiary alicyclic amines) is 1. The zero-order chi connectivity index (χ0) is 15.0. The fourth-order valence-corrected chi connectivity index (χ4v) is 2.17. The minimum atomic E-state index is -0.201. The molecule has 0 bridgehead atoms. The second-order valence-electron chi connectivity index (χ2n) is 4.63. The molecule has 1 aliphatic rings. The van der Waals surface area contributed by atoms with Gasteiger partial charge in [-0.1, -0.05) is 0 Å². The molecular weight excluding hydrogens is 260 g/mol. The monoisotopic (exact) mass is 278 g/mol. The van der Waals surface area contributed by atoms with Gasteiger partial charge in [0.1, 0.15) is 0 Å². The molecule has 0 unspecified atom stereocenters. The van der Waals surface area contributed by atoms with Crippen molar-refractivity contribution in [3.8, 4) is 12.1 Å².